The second-order valence-electron chi connectivity index (χ2n) is 9.17. The fraction of sp³-hybridized carbons (Fsp3) is 0.296. The Morgan fingerprint density at radius 2 is 1.72 bits per heavy atom. The highest BCUT2D eigenvalue weighted by molar-refractivity contribution is 7.90. The van der Waals surface area contributed by atoms with Crippen LogP contribution in [0.15, 0.2) is 72.8 Å². The van der Waals surface area contributed by atoms with Crippen LogP contribution in [0.2, 0.25) is 0 Å². The Hall–Kier alpha value is -3.56. The van der Waals surface area contributed by atoms with Crippen molar-refractivity contribution in [1.29, 1.82) is 0 Å². The van der Waals surface area contributed by atoms with E-state index in [1.807, 2.05) is 24.3 Å². The van der Waals surface area contributed by atoms with E-state index >= 15 is 0 Å². The van der Waals surface area contributed by atoms with Crippen molar-refractivity contribution in [1.82, 2.24) is 10.2 Å². The molecule has 5 rings (SSSR count). The van der Waals surface area contributed by atoms with Crippen LogP contribution in [-0.4, -0.2) is 68.0 Å². The summed E-state index contributed by atoms with van der Waals surface area (Å²) in [6, 6.07) is 19.2. The monoisotopic (exact) mass is 506 g/mol. The molecule has 36 heavy (non-hydrogen) atoms. The number of ketones is 1. The van der Waals surface area contributed by atoms with E-state index in [0.717, 1.165) is 5.39 Å². The smallest absolute Gasteiger partial charge is 0.252 e. The summed E-state index contributed by atoms with van der Waals surface area (Å²) in [5.41, 5.74) is 0.926. The number of nitrogens with zero attached hydrogens (tertiary/aromatic N) is 1. The Bertz CT molecular complexity index is 1420. The van der Waals surface area contributed by atoms with E-state index in [2.05, 4.69) is 5.32 Å². The highest BCUT2D eigenvalue weighted by atomic mass is 32.2. The molecule has 8 nitrogen and oxygen atoms in total. The van der Waals surface area contributed by atoms with Gasteiger partial charge in [0.1, 0.15) is 18.7 Å². The average Bonchev–Trinajstić information content (AvgIpc) is 3.46. The van der Waals surface area contributed by atoms with Gasteiger partial charge >= 0.3 is 0 Å². The predicted octanol–water partition coefficient (Wildman–Crippen LogP) is 2.12. The van der Waals surface area contributed by atoms with Crippen molar-refractivity contribution in [2.45, 2.75) is 30.4 Å². The van der Waals surface area contributed by atoms with Crippen molar-refractivity contribution in [3.63, 3.8) is 0 Å². The minimum atomic E-state index is -3.79. The molecule has 3 atom stereocenters. The van der Waals surface area contributed by atoms with E-state index in [-0.39, 0.29) is 24.7 Å². The number of ether oxygens (including phenoxy) is 1. The number of rotatable bonds is 7. The zero-order valence-corrected chi connectivity index (χ0v) is 20.3. The van der Waals surface area contributed by atoms with Gasteiger partial charge in [-0.2, -0.15) is 0 Å². The zero-order valence-electron chi connectivity index (χ0n) is 19.5. The number of carbonyl (C=O) groups excluding carboxylic acids is 3. The van der Waals surface area contributed by atoms with Crippen LogP contribution < -0.4 is 5.32 Å². The van der Waals surface area contributed by atoms with Crippen molar-refractivity contribution < 1.29 is 27.5 Å². The number of sulfone groups is 1. The van der Waals surface area contributed by atoms with Gasteiger partial charge in [-0.15, -0.1) is 0 Å². The van der Waals surface area contributed by atoms with Gasteiger partial charge < -0.3 is 15.0 Å². The molecule has 1 N–H and O–H groups in total. The van der Waals surface area contributed by atoms with E-state index < -0.39 is 45.6 Å². The fourth-order valence-corrected chi connectivity index (χ4v) is 6.57. The van der Waals surface area contributed by atoms with Crippen LogP contribution in [0.4, 0.5) is 0 Å². The van der Waals surface area contributed by atoms with Gasteiger partial charge in [0.15, 0.2) is 15.6 Å². The van der Waals surface area contributed by atoms with Gasteiger partial charge in [-0.3, -0.25) is 14.4 Å². The number of Topliss-reactive ketones (excluding diaryl/α,β-unsaturated/α-hetero) is 1. The third kappa shape index (κ3) is 4.89. The second-order valence-corrected chi connectivity index (χ2v) is 11.3. The molecule has 2 heterocycles. The lowest BCUT2D eigenvalue weighted by atomic mass is 10.0. The van der Waals surface area contributed by atoms with Gasteiger partial charge in [0, 0.05) is 12.1 Å². The van der Waals surface area contributed by atoms with E-state index in [1.54, 1.807) is 48.5 Å². The first-order valence-electron chi connectivity index (χ1n) is 11.8. The van der Waals surface area contributed by atoms with Gasteiger partial charge in [-0.05, 0) is 28.8 Å². The average molecular weight is 507 g/mol. The molecule has 3 aromatic rings. The molecular weight excluding hydrogens is 480 g/mol. The third-order valence-corrected chi connectivity index (χ3v) is 8.30. The van der Waals surface area contributed by atoms with Crippen molar-refractivity contribution in [3.8, 4) is 0 Å². The molecule has 9 heteroatoms. The topological polar surface area (TPSA) is 110 Å². The summed E-state index contributed by atoms with van der Waals surface area (Å²) in [6.45, 7) is 0.192. The lowest BCUT2D eigenvalue weighted by molar-refractivity contribution is -0.137. The van der Waals surface area contributed by atoms with Crippen molar-refractivity contribution in [2.75, 3.05) is 18.9 Å². The summed E-state index contributed by atoms with van der Waals surface area (Å²) in [4.78, 5) is 40.7. The van der Waals surface area contributed by atoms with Crippen molar-refractivity contribution in [2.24, 2.45) is 0 Å². The maximum absolute atomic E-state index is 13.6. The molecule has 0 saturated carbocycles. The minimum Gasteiger partial charge on any atom is -0.368 e. The Kier molecular flexibility index (Phi) is 6.59. The highest BCUT2D eigenvalue weighted by Crippen LogP contribution is 2.28. The maximum Gasteiger partial charge on any atom is 0.252 e. The molecule has 2 amide bonds. The van der Waals surface area contributed by atoms with Crippen LogP contribution >= 0.6 is 0 Å². The number of carbonyl (C=O) groups is 3. The van der Waals surface area contributed by atoms with E-state index in [1.165, 1.54) is 4.90 Å². The Balaban J connectivity index is 1.44. The molecule has 0 aliphatic carbocycles. The van der Waals surface area contributed by atoms with E-state index in [4.69, 9.17) is 4.74 Å². The van der Waals surface area contributed by atoms with Crippen LogP contribution in [0.25, 0.3) is 10.8 Å². The number of benzene rings is 3. The first-order chi connectivity index (χ1) is 17.3. The fourth-order valence-electron chi connectivity index (χ4n) is 5.02. The van der Waals surface area contributed by atoms with Crippen molar-refractivity contribution >= 4 is 38.2 Å². The SMILES string of the molecule is O=C(NC(CS(=O)(=O)Cc1ccccc1)C(=O)N1CCC2OCC(=O)C21)c1cccc2ccccc12. The molecule has 0 aromatic heterocycles. The highest BCUT2D eigenvalue weighted by Gasteiger charge is 2.48. The largest absolute Gasteiger partial charge is 0.368 e. The van der Waals surface area contributed by atoms with Gasteiger partial charge in [-0.25, -0.2) is 8.42 Å². The standard InChI is InChI=1S/C27H26N2O6S/c30-23-15-35-24-13-14-29(25(23)24)27(32)22(17-36(33,34)16-18-7-2-1-3-8-18)28-26(31)21-12-6-10-19-9-4-5-11-20(19)21/h1-12,22,24-25H,13-17H2,(H,28,31). The predicted molar refractivity (Wildman–Crippen MR) is 134 cm³/mol. The molecule has 3 aromatic carbocycles. The van der Waals surface area contributed by atoms with Gasteiger partial charge in [0.05, 0.1) is 17.6 Å². The number of nitrogens with one attached hydrogen (secondary N) is 1. The zero-order chi connectivity index (χ0) is 25.3. The number of hydrogen-bond donors (Lipinski definition) is 1. The Labute approximate surface area is 209 Å². The van der Waals surface area contributed by atoms with Crippen LogP contribution in [0.1, 0.15) is 22.3 Å². The quantitative estimate of drug-likeness (QED) is 0.526. The summed E-state index contributed by atoms with van der Waals surface area (Å²) in [5.74, 6) is -2.20. The third-order valence-electron chi connectivity index (χ3n) is 6.68. The molecule has 3 unspecified atom stereocenters. The molecule has 0 radical (unpaired) electrons. The van der Waals surface area contributed by atoms with E-state index in [0.29, 0.717) is 22.9 Å². The van der Waals surface area contributed by atoms with Crippen molar-refractivity contribution in [3.05, 3.63) is 83.9 Å². The van der Waals surface area contributed by atoms with Crippen LogP contribution in [-0.2, 0) is 29.9 Å². The second kappa shape index (κ2) is 9.83. The molecule has 186 valence electrons. The maximum atomic E-state index is 13.6. The number of amides is 2. The summed E-state index contributed by atoms with van der Waals surface area (Å²) in [7, 11) is -3.79. The molecule has 2 saturated heterocycles. The molecule has 2 aliphatic heterocycles. The normalized spacial score (nSPS) is 20.3. The van der Waals surface area contributed by atoms with Crippen LogP contribution in [0.5, 0.6) is 0 Å². The number of likely N-dealkylation sites (tertiary alicyclic amines) is 1. The van der Waals surface area contributed by atoms with Gasteiger partial charge in [-0.1, -0.05) is 66.7 Å². The Morgan fingerprint density at radius 1 is 1.00 bits per heavy atom. The van der Waals surface area contributed by atoms with Crippen LogP contribution in [0, 0.1) is 0 Å². The number of hydrogen-bond acceptors (Lipinski definition) is 6. The molecule has 2 fully saturated rings. The van der Waals surface area contributed by atoms with Crippen LogP contribution in [0.3, 0.4) is 0 Å². The lowest BCUT2D eigenvalue weighted by Gasteiger charge is -2.27. The molecule has 0 bridgehead atoms. The summed E-state index contributed by atoms with van der Waals surface area (Å²) < 4.78 is 31.8. The van der Waals surface area contributed by atoms with Gasteiger partial charge in [0.25, 0.3) is 5.91 Å². The molecule has 2 aliphatic rings. The Morgan fingerprint density at radius 3 is 2.53 bits per heavy atom. The molecular formula is C27H26N2O6S. The number of fused-ring (bicyclic) bond motifs is 2. The van der Waals surface area contributed by atoms with Gasteiger partial charge in [0.2, 0.25) is 5.91 Å². The first-order valence-corrected chi connectivity index (χ1v) is 13.6. The first kappa shape index (κ1) is 24.1. The summed E-state index contributed by atoms with van der Waals surface area (Å²) in [5, 5.41) is 4.22. The minimum absolute atomic E-state index is 0.0710. The molecule has 0 spiro atoms. The lowest BCUT2D eigenvalue weighted by Crippen LogP contribution is -2.54. The summed E-state index contributed by atoms with van der Waals surface area (Å²) in [6.07, 6.45) is 0.0971. The summed E-state index contributed by atoms with van der Waals surface area (Å²) >= 11 is 0. The van der Waals surface area contributed by atoms with E-state index in [9.17, 15) is 22.8 Å².